The van der Waals surface area contributed by atoms with Crippen molar-refractivity contribution in [3.05, 3.63) is 44.2 Å². The van der Waals surface area contributed by atoms with Gasteiger partial charge in [-0.1, -0.05) is 52.4 Å². The third kappa shape index (κ3) is 4.55. The highest BCUT2D eigenvalue weighted by Gasteiger charge is 2.30. The van der Waals surface area contributed by atoms with Crippen LogP contribution in [0, 0.1) is 0 Å². The first-order valence-corrected chi connectivity index (χ1v) is 12.0. The second-order valence-electron chi connectivity index (χ2n) is 7.25. The fourth-order valence-corrected chi connectivity index (χ4v) is 5.60. The van der Waals surface area contributed by atoms with Crippen LogP contribution in [0.3, 0.4) is 0 Å². The van der Waals surface area contributed by atoms with Gasteiger partial charge in [0.15, 0.2) is 5.43 Å². The molecule has 0 fully saturated rings. The zero-order valence-corrected chi connectivity index (χ0v) is 17.7. The van der Waals surface area contributed by atoms with Crippen LogP contribution in [-0.4, -0.2) is 0 Å². The van der Waals surface area contributed by atoms with E-state index < -0.39 is 0 Å². The van der Waals surface area contributed by atoms with E-state index in [1.165, 1.54) is 72.2 Å². The maximum absolute atomic E-state index is 12.6. The van der Waals surface area contributed by atoms with Gasteiger partial charge in [-0.05, 0) is 59.7 Å². The lowest BCUT2D eigenvalue weighted by Crippen LogP contribution is -1.86. The van der Waals surface area contributed by atoms with E-state index in [2.05, 4.69) is 36.7 Å². The summed E-state index contributed by atoms with van der Waals surface area (Å²) in [6, 6.07) is 4.45. The van der Waals surface area contributed by atoms with Crippen LogP contribution in [0.5, 0.6) is 0 Å². The lowest BCUT2D eigenvalue weighted by Gasteiger charge is -2.02. The highest BCUT2D eigenvalue weighted by molar-refractivity contribution is 7.15. The topological polar surface area (TPSA) is 17.1 Å². The van der Waals surface area contributed by atoms with Crippen molar-refractivity contribution in [2.45, 2.75) is 78.1 Å². The number of rotatable bonds is 12. The average molecular weight is 387 g/mol. The van der Waals surface area contributed by atoms with E-state index in [4.69, 9.17) is 0 Å². The minimum absolute atomic E-state index is 0.291. The van der Waals surface area contributed by atoms with E-state index in [0.717, 1.165) is 24.0 Å². The summed E-state index contributed by atoms with van der Waals surface area (Å²) < 4.78 is 0. The molecule has 0 saturated heterocycles. The second-order valence-corrected chi connectivity index (χ2v) is 9.08. The van der Waals surface area contributed by atoms with Crippen molar-refractivity contribution in [3.63, 3.8) is 0 Å². The van der Waals surface area contributed by atoms with Gasteiger partial charge in [0, 0.05) is 9.75 Å². The Labute approximate surface area is 165 Å². The summed E-state index contributed by atoms with van der Waals surface area (Å²) in [5.41, 5.74) is 5.08. The molecule has 0 saturated carbocycles. The Balaban J connectivity index is 1.69. The molecule has 0 spiro atoms. The zero-order valence-electron chi connectivity index (χ0n) is 16.1. The molecule has 1 aromatic carbocycles. The summed E-state index contributed by atoms with van der Waals surface area (Å²) in [6.45, 7) is 4.49. The maximum atomic E-state index is 12.6. The minimum atomic E-state index is 0.291. The van der Waals surface area contributed by atoms with Crippen molar-refractivity contribution in [1.82, 2.24) is 0 Å². The molecule has 0 aliphatic rings. The molecule has 0 unspecified atom stereocenters. The van der Waals surface area contributed by atoms with E-state index in [9.17, 15) is 4.79 Å². The fourth-order valence-electron chi connectivity index (χ4n) is 3.59. The van der Waals surface area contributed by atoms with Crippen LogP contribution in [0.25, 0.3) is 20.9 Å². The molecule has 0 bridgehead atoms. The first-order valence-electron chi connectivity index (χ1n) is 10.2. The number of thiophene rings is 2. The molecule has 0 amide bonds. The molecule has 2 aromatic heterocycles. The largest absolute Gasteiger partial charge is 0.288 e. The SMILES string of the molecule is CCCCCCc1ccsc1-c1c(-c2sccc2CCCCCC)c1=O. The van der Waals surface area contributed by atoms with Gasteiger partial charge in [0.1, 0.15) is 0 Å². The van der Waals surface area contributed by atoms with Gasteiger partial charge >= 0.3 is 0 Å². The molecule has 2 heterocycles. The van der Waals surface area contributed by atoms with E-state index in [1.807, 2.05) is 0 Å². The standard InChI is InChI=1S/C23H30OS2/c1-3-5-7-9-11-17-13-15-25-22(17)19-20(21(19)24)23-18(14-16-26-23)12-10-8-6-4-2/h13-16H,3-12H2,1-2H3. The Hall–Kier alpha value is -1.19. The van der Waals surface area contributed by atoms with Gasteiger partial charge in [-0.15, -0.1) is 22.7 Å². The van der Waals surface area contributed by atoms with Crippen molar-refractivity contribution in [2.24, 2.45) is 0 Å². The monoisotopic (exact) mass is 386 g/mol. The van der Waals surface area contributed by atoms with Gasteiger partial charge in [0.2, 0.25) is 0 Å². The van der Waals surface area contributed by atoms with Crippen LogP contribution in [0.2, 0.25) is 0 Å². The molecule has 3 heteroatoms. The number of unbranched alkanes of at least 4 members (excludes halogenated alkanes) is 6. The van der Waals surface area contributed by atoms with Gasteiger partial charge in [0.05, 0.1) is 11.1 Å². The Morgan fingerprint density at radius 2 is 1.15 bits per heavy atom. The van der Waals surface area contributed by atoms with Gasteiger partial charge in [-0.25, -0.2) is 0 Å². The molecule has 3 rings (SSSR count). The van der Waals surface area contributed by atoms with E-state index in [1.54, 1.807) is 22.7 Å². The van der Waals surface area contributed by atoms with Crippen LogP contribution < -0.4 is 5.43 Å². The highest BCUT2D eigenvalue weighted by atomic mass is 32.1. The predicted molar refractivity (Wildman–Crippen MR) is 117 cm³/mol. The predicted octanol–water partition coefficient (Wildman–Crippen LogP) is 7.63. The van der Waals surface area contributed by atoms with Crippen LogP contribution in [0.4, 0.5) is 0 Å². The first kappa shape index (κ1) is 19.6. The fraction of sp³-hybridized carbons (Fsp3) is 0.522. The van der Waals surface area contributed by atoms with Crippen LogP contribution in [0.15, 0.2) is 27.7 Å². The van der Waals surface area contributed by atoms with Crippen molar-refractivity contribution in [3.8, 4) is 20.9 Å². The zero-order chi connectivity index (χ0) is 18.4. The van der Waals surface area contributed by atoms with Gasteiger partial charge in [-0.2, -0.15) is 0 Å². The molecule has 0 atom stereocenters. The molecule has 26 heavy (non-hydrogen) atoms. The molecule has 0 N–H and O–H groups in total. The lowest BCUT2D eigenvalue weighted by molar-refractivity contribution is 0.668. The van der Waals surface area contributed by atoms with Crippen LogP contribution in [0.1, 0.15) is 76.3 Å². The summed E-state index contributed by atoms with van der Waals surface area (Å²) in [4.78, 5) is 15.1. The van der Waals surface area contributed by atoms with Gasteiger partial charge < -0.3 is 0 Å². The molecule has 0 aliphatic heterocycles. The molecule has 3 aromatic rings. The Kier molecular flexibility index (Phi) is 7.27. The molecule has 1 nitrogen and oxygen atoms in total. The van der Waals surface area contributed by atoms with Crippen LogP contribution in [-0.2, 0) is 12.8 Å². The highest BCUT2D eigenvalue weighted by Crippen LogP contribution is 2.43. The number of hydrogen-bond donors (Lipinski definition) is 0. The summed E-state index contributed by atoms with van der Waals surface area (Å²) in [5.74, 6) is 0. The van der Waals surface area contributed by atoms with Crippen molar-refractivity contribution >= 4 is 22.7 Å². The van der Waals surface area contributed by atoms with E-state index in [0.29, 0.717) is 5.43 Å². The molecule has 0 aliphatic carbocycles. The summed E-state index contributed by atoms with van der Waals surface area (Å²) in [5, 5.41) is 4.31. The van der Waals surface area contributed by atoms with E-state index in [-0.39, 0.29) is 0 Å². The minimum Gasteiger partial charge on any atom is -0.288 e. The Morgan fingerprint density at radius 3 is 1.58 bits per heavy atom. The molecular weight excluding hydrogens is 356 g/mol. The third-order valence-electron chi connectivity index (χ3n) is 5.19. The maximum Gasteiger partial charge on any atom is 0.197 e. The van der Waals surface area contributed by atoms with Crippen molar-refractivity contribution in [2.75, 3.05) is 0 Å². The summed E-state index contributed by atoms with van der Waals surface area (Å²) in [7, 11) is 0. The van der Waals surface area contributed by atoms with Gasteiger partial charge in [-0.3, -0.25) is 4.79 Å². The number of hydrogen-bond acceptors (Lipinski definition) is 3. The van der Waals surface area contributed by atoms with Crippen molar-refractivity contribution in [1.29, 1.82) is 0 Å². The first-order chi connectivity index (χ1) is 12.8. The normalized spacial score (nSPS) is 11.6. The molecule has 0 radical (unpaired) electrons. The lowest BCUT2D eigenvalue weighted by atomic mass is 10.0. The van der Waals surface area contributed by atoms with Crippen LogP contribution >= 0.6 is 22.7 Å². The van der Waals surface area contributed by atoms with Crippen molar-refractivity contribution < 1.29 is 0 Å². The average Bonchev–Trinajstić information content (AvgIpc) is 3.02. The second kappa shape index (κ2) is 9.66. The summed E-state index contributed by atoms with van der Waals surface area (Å²) >= 11 is 3.49. The Morgan fingerprint density at radius 1 is 0.692 bits per heavy atom. The van der Waals surface area contributed by atoms with Gasteiger partial charge in [0.25, 0.3) is 0 Å². The van der Waals surface area contributed by atoms with E-state index >= 15 is 0 Å². The number of aryl methyl sites for hydroxylation is 2. The quantitative estimate of drug-likeness (QED) is 0.292. The molecular formula is C23H30OS2. The Bertz CT molecular complexity index is 748. The molecule has 140 valence electrons. The third-order valence-corrected chi connectivity index (χ3v) is 7.14. The smallest absolute Gasteiger partial charge is 0.197 e. The summed E-state index contributed by atoms with van der Waals surface area (Å²) in [6.07, 6.45) is 12.4.